The van der Waals surface area contributed by atoms with Gasteiger partial charge in [0, 0.05) is 5.56 Å². The molecule has 1 atom stereocenters. The summed E-state index contributed by atoms with van der Waals surface area (Å²) in [7, 11) is 0. The number of aliphatic hydroxyl groups is 1. The fraction of sp³-hybridized carbons (Fsp3) is 0.471. The molecule has 0 bridgehead atoms. The lowest BCUT2D eigenvalue weighted by Crippen LogP contribution is -2.03. The molecule has 0 heterocycles. The highest BCUT2D eigenvalue weighted by Gasteiger charge is 2.12. The minimum absolute atomic E-state index is 0.0522. The number of unbranched alkanes of at least 4 members (excludes halogenated alkanes) is 1. The predicted molar refractivity (Wildman–Crippen MR) is 79.3 cm³/mol. The van der Waals surface area contributed by atoms with E-state index in [1.165, 1.54) is 0 Å². The van der Waals surface area contributed by atoms with Crippen LogP contribution in [0.5, 0.6) is 0 Å². The number of aliphatic hydroxyl groups excluding tert-OH is 1. The van der Waals surface area contributed by atoms with Crippen molar-refractivity contribution in [3.05, 3.63) is 47.0 Å². The molecule has 0 radical (unpaired) electrons. The molecule has 104 valence electrons. The predicted octanol–water partition coefficient (Wildman–Crippen LogP) is 4.45. The van der Waals surface area contributed by atoms with Gasteiger partial charge >= 0.3 is 0 Å². The molecule has 0 aromatic heterocycles. The number of allylic oxidation sites excluding steroid dienone is 1. The van der Waals surface area contributed by atoms with Crippen molar-refractivity contribution in [1.82, 2.24) is 0 Å². The summed E-state index contributed by atoms with van der Waals surface area (Å²) in [5.41, 5.74) is 2.63. The third-order valence-corrected chi connectivity index (χ3v) is 3.22. The van der Waals surface area contributed by atoms with Crippen LogP contribution in [0.3, 0.4) is 0 Å². The van der Waals surface area contributed by atoms with Gasteiger partial charge in [-0.05, 0) is 30.9 Å². The van der Waals surface area contributed by atoms with Crippen molar-refractivity contribution < 1.29 is 9.90 Å². The number of carbonyl (C=O) groups excluding carboxylic acids is 1. The van der Waals surface area contributed by atoms with Gasteiger partial charge in [-0.25, -0.2) is 0 Å². The second-order valence-corrected chi connectivity index (χ2v) is 4.90. The van der Waals surface area contributed by atoms with Crippen LogP contribution in [0, 0.1) is 0 Å². The molecule has 1 unspecified atom stereocenters. The first-order valence-electron chi connectivity index (χ1n) is 7.08. The van der Waals surface area contributed by atoms with Crippen LogP contribution >= 0.6 is 0 Å². The van der Waals surface area contributed by atoms with Gasteiger partial charge in [0.1, 0.15) is 6.10 Å². The third kappa shape index (κ3) is 4.64. The van der Waals surface area contributed by atoms with Gasteiger partial charge in [-0.1, -0.05) is 57.0 Å². The first kappa shape index (κ1) is 15.6. The van der Waals surface area contributed by atoms with E-state index >= 15 is 0 Å². The van der Waals surface area contributed by atoms with E-state index in [-0.39, 0.29) is 5.78 Å². The molecule has 0 amide bonds. The number of hydrogen-bond donors (Lipinski definition) is 1. The summed E-state index contributed by atoms with van der Waals surface area (Å²) in [6, 6.07) is 7.25. The van der Waals surface area contributed by atoms with Crippen LogP contribution in [-0.4, -0.2) is 10.9 Å². The highest BCUT2D eigenvalue weighted by Crippen LogP contribution is 2.26. The van der Waals surface area contributed by atoms with Crippen LogP contribution in [0.1, 0.15) is 68.5 Å². The first-order valence-corrected chi connectivity index (χ1v) is 7.08. The molecule has 1 N–H and O–H groups in total. The van der Waals surface area contributed by atoms with Crippen molar-refractivity contribution in [2.75, 3.05) is 0 Å². The van der Waals surface area contributed by atoms with Gasteiger partial charge in [0.15, 0.2) is 5.78 Å². The van der Waals surface area contributed by atoms with Gasteiger partial charge in [-0.3, -0.25) is 4.79 Å². The molecule has 1 aromatic carbocycles. The van der Waals surface area contributed by atoms with Gasteiger partial charge in [0.2, 0.25) is 0 Å². The van der Waals surface area contributed by atoms with Crippen LogP contribution < -0.4 is 0 Å². The normalized spacial score (nSPS) is 13.4. The average molecular weight is 260 g/mol. The highest BCUT2D eigenvalue weighted by atomic mass is 16.3. The molecule has 0 aliphatic carbocycles. The minimum Gasteiger partial charge on any atom is -0.384 e. The number of Topliss-reactive ketones (excluding diaryl/α,β-unsaturated/α-hetero) is 1. The maximum atomic E-state index is 11.2. The van der Waals surface area contributed by atoms with Crippen molar-refractivity contribution >= 4 is 5.78 Å². The monoisotopic (exact) mass is 260 g/mol. The SMILES string of the molecule is CCC/C=C(\CCC)C(O)c1ccc(C(C)=O)cc1. The molecule has 2 heteroatoms. The van der Waals surface area contributed by atoms with E-state index < -0.39 is 6.10 Å². The van der Waals surface area contributed by atoms with E-state index in [4.69, 9.17) is 0 Å². The number of benzene rings is 1. The molecule has 1 aromatic rings. The van der Waals surface area contributed by atoms with Crippen molar-refractivity contribution in [3.63, 3.8) is 0 Å². The fourth-order valence-electron chi connectivity index (χ4n) is 2.08. The van der Waals surface area contributed by atoms with Gasteiger partial charge in [0.25, 0.3) is 0 Å². The summed E-state index contributed by atoms with van der Waals surface area (Å²) in [4.78, 5) is 11.2. The standard InChI is InChI=1S/C17H24O2/c1-4-6-8-15(7-5-2)17(19)16-11-9-14(10-12-16)13(3)18/h8-12,17,19H,4-7H2,1-3H3/b15-8+. The Kier molecular flexibility index (Phi) is 6.51. The van der Waals surface area contributed by atoms with E-state index in [0.717, 1.165) is 36.8 Å². The lowest BCUT2D eigenvalue weighted by Gasteiger charge is -2.15. The second-order valence-electron chi connectivity index (χ2n) is 4.90. The summed E-state index contributed by atoms with van der Waals surface area (Å²) in [6.45, 7) is 5.80. The smallest absolute Gasteiger partial charge is 0.159 e. The van der Waals surface area contributed by atoms with Gasteiger partial charge in [0.05, 0.1) is 0 Å². The molecule has 2 nitrogen and oxygen atoms in total. The maximum absolute atomic E-state index is 11.2. The van der Waals surface area contributed by atoms with Crippen LogP contribution in [0.4, 0.5) is 0 Å². The molecule has 1 rings (SSSR count). The van der Waals surface area contributed by atoms with Crippen molar-refractivity contribution in [3.8, 4) is 0 Å². The Labute approximate surface area is 116 Å². The molecular weight excluding hydrogens is 236 g/mol. The van der Waals surface area contributed by atoms with Gasteiger partial charge < -0.3 is 5.11 Å². The Balaban J connectivity index is 2.89. The summed E-state index contributed by atoms with van der Waals surface area (Å²) in [5, 5.41) is 10.4. The van der Waals surface area contributed by atoms with Crippen LogP contribution in [-0.2, 0) is 0 Å². The summed E-state index contributed by atoms with van der Waals surface area (Å²) >= 11 is 0. The van der Waals surface area contributed by atoms with E-state index in [1.807, 2.05) is 12.1 Å². The topological polar surface area (TPSA) is 37.3 Å². The number of hydrogen-bond acceptors (Lipinski definition) is 2. The lowest BCUT2D eigenvalue weighted by molar-refractivity contribution is 0.101. The van der Waals surface area contributed by atoms with E-state index in [0.29, 0.717) is 5.56 Å². The first-order chi connectivity index (χ1) is 9.10. The lowest BCUT2D eigenvalue weighted by atomic mass is 9.95. The van der Waals surface area contributed by atoms with E-state index in [1.54, 1.807) is 19.1 Å². The summed E-state index contributed by atoms with van der Waals surface area (Å²) in [6.07, 6.45) is 5.62. The minimum atomic E-state index is -0.549. The largest absolute Gasteiger partial charge is 0.384 e. The number of ketones is 1. The average Bonchev–Trinajstić information content (AvgIpc) is 2.42. The molecular formula is C17H24O2. The Morgan fingerprint density at radius 1 is 1.21 bits per heavy atom. The molecule has 0 saturated heterocycles. The van der Waals surface area contributed by atoms with E-state index in [2.05, 4.69) is 19.9 Å². The van der Waals surface area contributed by atoms with E-state index in [9.17, 15) is 9.90 Å². The summed E-state index contributed by atoms with van der Waals surface area (Å²) < 4.78 is 0. The Morgan fingerprint density at radius 3 is 2.32 bits per heavy atom. The van der Waals surface area contributed by atoms with Crippen LogP contribution in [0.25, 0.3) is 0 Å². The molecule has 0 saturated carbocycles. The van der Waals surface area contributed by atoms with Gasteiger partial charge in [-0.2, -0.15) is 0 Å². The quantitative estimate of drug-likeness (QED) is 0.581. The maximum Gasteiger partial charge on any atom is 0.159 e. The molecule has 0 aliphatic heterocycles. The zero-order chi connectivity index (χ0) is 14.3. The van der Waals surface area contributed by atoms with Crippen LogP contribution in [0.2, 0.25) is 0 Å². The number of rotatable bonds is 7. The Morgan fingerprint density at radius 2 is 1.84 bits per heavy atom. The molecule has 0 fully saturated rings. The summed E-state index contributed by atoms with van der Waals surface area (Å²) in [5.74, 6) is 0.0522. The fourth-order valence-corrected chi connectivity index (χ4v) is 2.08. The Hall–Kier alpha value is -1.41. The highest BCUT2D eigenvalue weighted by molar-refractivity contribution is 5.94. The zero-order valence-corrected chi connectivity index (χ0v) is 12.1. The molecule has 0 aliphatic rings. The van der Waals surface area contributed by atoms with Crippen LogP contribution in [0.15, 0.2) is 35.9 Å². The van der Waals surface area contributed by atoms with Crippen molar-refractivity contribution in [2.24, 2.45) is 0 Å². The zero-order valence-electron chi connectivity index (χ0n) is 12.1. The second kappa shape index (κ2) is 7.90. The van der Waals surface area contributed by atoms with Crippen molar-refractivity contribution in [2.45, 2.75) is 52.6 Å². The third-order valence-electron chi connectivity index (χ3n) is 3.22. The number of carbonyl (C=O) groups is 1. The van der Waals surface area contributed by atoms with Gasteiger partial charge in [-0.15, -0.1) is 0 Å². The molecule has 19 heavy (non-hydrogen) atoms. The molecule has 0 spiro atoms. The van der Waals surface area contributed by atoms with Crippen molar-refractivity contribution in [1.29, 1.82) is 0 Å². The Bertz CT molecular complexity index is 429.